The van der Waals surface area contributed by atoms with Crippen molar-refractivity contribution in [2.24, 2.45) is 0 Å². The van der Waals surface area contributed by atoms with Gasteiger partial charge in [0.15, 0.2) is 0 Å². The third-order valence-corrected chi connectivity index (χ3v) is 5.88. The Bertz CT molecular complexity index is 1320. The van der Waals surface area contributed by atoms with E-state index in [0.717, 1.165) is 32.7 Å². The number of phosphoric acid groups is 1. The number of rotatable bonds is 0. The zero-order valence-electron chi connectivity index (χ0n) is 16.4. The number of benzene rings is 4. The van der Waals surface area contributed by atoms with Crippen LogP contribution >= 0.6 is 7.82 Å². The van der Waals surface area contributed by atoms with Crippen LogP contribution in [0.25, 0.3) is 32.7 Å². The van der Waals surface area contributed by atoms with E-state index in [1.54, 1.807) is 24.5 Å². The summed E-state index contributed by atoms with van der Waals surface area (Å²) in [6.45, 7) is 0. The molecule has 6 heteroatoms. The third kappa shape index (κ3) is 3.77. The van der Waals surface area contributed by atoms with Crippen molar-refractivity contribution in [1.29, 1.82) is 0 Å². The van der Waals surface area contributed by atoms with Crippen LogP contribution in [-0.4, -0.2) is 9.88 Å². The molecule has 1 aromatic heterocycles. The highest BCUT2D eigenvalue weighted by atomic mass is 31.2. The van der Waals surface area contributed by atoms with E-state index < -0.39 is 7.82 Å². The van der Waals surface area contributed by atoms with Crippen LogP contribution in [0.15, 0.2) is 103 Å². The maximum atomic E-state index is 12.4. The number of nitrogens with zero attached hydrogens (tertiary/aromatic N) is 1. The van der Waals surface area contributed by atoms with Gasteiger partial charge in [0.05, 0.1) is 0 Å². The molecule has 152 valence electrons. The van der Waals surface area contributed by atoms with Crippen LogP contribution in [0.1, 0.15) is 0 Å². The second-order valence-corrected chi connectivity index (χ2v) is 8.30. The zero-order chi connectivity index (χ0) is 21.3. The minimum absolute atomic E-state index is 0.347. The first-order valence-electron chi connectivity index (χ1n) is 9.73. The predicted octanol–water partition coefficient (Wildman–Crippen LogP) is 6.61. The lowest BCUT2D eigenvalue weighted by molar-refractivity contribution is 0.294. The maximum Gasteiger partial charge on any atom is 0.584 e. The number of phosphoric ester groups is 1. The molecule has 2 heterocycles. The molecule has 5 nitrogen and oxygen atoms in total. The van der Waals surface area contributed by atoms with Crippen LogP contribution < -0.4 is 9.05 Å². The molecule has 0 fully saturated rings. The van der Waals surface area contributed by atoms with Crippen molar-refractivity contribution >= 4 is 29.4 Å². The first-order chi connectivity index (χ1) is 15.1. The Balaban J connectivity index is 0.000000296. The minimum atomic E-state index is -4.25. The van der Waals surface area contributed by atoms with Crippen molar-refractivity contribution in [3.8, 4) is 22.6 Å². The number of hydrogen-bond donors (Lipinski definition) is 1. The number of aromatic nitrogens is 1. The van der Waals surface area contributed by atoms with Crippen LogP contribution in [0.4, 0.5) is 0 Å². The monoisotopic (exact) mass is 427 g/mol. The summed E-state index contributed by atoms with van der Waals surface area (Å²) >= 11 is 0. The first kappa shape index (κ1) is 19.3. The Kier molecular flexibility index (Phi) is 4.91. The Morgan fingerprint density at radius 1 is 0.613 bits per heavy atom. The largest absolute Gasteiger partial charge is 0.584 e. The molecule has 0 radical (unpaired) electrons. The standard InChI is InChI=1S/C20H13O4P.C5H5N/c21-25(22)23-17-11-9-13-5-1-3-7-15(13)19(17)20-16-8-4-2-6-14(16)10-12-18(20)24-25;1-2-4-6-5-3-1/h1-12H,(H,21,22);1-5H. The Morgan fingerprint density at radius 2 is 1.10 bits per heavy atom. The lowest BCUT2D eigenvalue weighted by Gasteiger charge is -2.13. The van der Waals surface area contributed by atoms with E-state index in [-0.39, 0.29) is 0 Å². The Hall–Kier alpha value is -3.66. The summed E-state index contributed by atoms with van der Waals surface area (Å²) in [6, 6.07) is 28.7. The van der Waals surface area contributed by atoms with E-state index in [1.807, 2.05) is 78.9 Å². The van der Waals surface area contributed by atoms with Gasteiger partial charge >= 0.3 is 7.82 Å². The van der Waals surface area contributed by atoms with Gasteiger partial charge < -0.3 is 9.05 Å². The van der Waals surface area contributed by atoms with Gasteiger partial charge in [0, 0.05) is 23.5 Å². The van der Waals surface area contributed by atoms with E-state index >= 15 is 0 Å². The van der Waals surface area contributed by atoms with Gasteiger partial charge in [0.1, 0.15) is 11.5 Å². The lowest BCUT2D eigenvalue weighted by atomic mass is 9.92. The summed E-state index contributed by atoms with van der Waals surface area (Å²) in [5.41, 5.74) is 1.55. The molecule has 0 atom stereocenters. The van der Waals surface area contributed by atoms with Gasteiger partial charge in [-0.2, -0.15) is 0 Å². The van der Waals surface area contributed by atoms with Gasteiger partial charge in [-0.25, -0.2) is 4.57 Å². The molecule has 0 aliphatic carbocycles. The van der Waals surface area contributed by atoms with E-state index in [1.165, 1.54) is 0 Å². The molecule has 1 aliphatic rings. The van der Waals surface area contributed by atoms with Gasteiger partial charge in [-0.05, 0) is 45.8 Å². The van der Waals surface area contributed by atoms with E-state index in [2.05, 4.69) is 4.98 Å². The summed E-state index contributed by atoms with van der Waals surface area (Å²) in [5.74, 6) is 0.694. The summed E-state index contributed by atoms with van der Waals surface area (Å²) in [7, 11) is -4.25. The van der Waals surface area contributed by atoms with Gasteiger partial charge in [-0.3, -0.25) is 9.88 Å². The molecule has 0 spiro atoms. The minimum Gasteiger partial charge on any atom is -0.395 e. The highest BCUT2D eigenvalue weighted by Crippen LogP contribution is 2.56. The molecule has 0 saturated carbocycles. The van der Waals surface area contributed by atoms with E-state index in [0.29, 0.717) is 11.5 Å². The second-order valence-electron chi connectivity index (χ2n) is 7.00. The molecule has 31 heavy (non-hydrogen) atoms. The lowest BCUT2D eigenvalue weighted by Crippen LogP contribution is -1.97. The van der Waals surface area contributed by atoms with Crippen molar-refractivity contribution in [3.63, 3.8) is 0 Å². The molecule has 6 rings (SSSR count). The molecule has 5 aromatic rings. The van der Waals surface area contributed by atoms with E-state index in [9.17, 15) is 9.46 Å². The fourth-order valence-electron chi connectivity index (χ4n) is 3.75. The smallest absolute Gasteiger partial charge is 0.395 e. The molecule has 0 unspecified atom stereocenters. The fourth-order valence-corrected chi connectivity index (χ4v) is 4.59. The Labute approximate surface area is 179 Å². The van der Waals surface area contributed by atoms with Gasteiger partial charge in [-0.15, -0.1) is 0 Å². The van der Waals surface area contributed by atoms with E-state index in [4.69, 9.17) is 9.05 Å². The quantitative estimate of drug-likeness (QED) is 0.282. The number of fused-ring (bicyclic) bond motifs is 7. The normalized spacial score (nSPS) is 13.6. The zero-order valence-corrected chi connectivity index (χ0v) is 17.3. The molecule has 0 bridgehead atoms. The second kappa shape index (κ2) is 7.88. The third-order valence-electron chi connectivity index (χ3n) is 5.03. The average Bonchev–Trinajstić information content (AvgIpc) is 2.93. The number of hydrogen-bond acceptors (Lipinski definition) is 4. The van der Waals surface area contributed by atoms with Crippen LogP contribution in [0, 0.1) is 0 Å². The molecular weight excluding hydrogens is 409 g/mol. The summed E-state index contributed by atoms with van der Waals surface area (Å²) < 4.78 is 23.1. The molecule has 0 amide bonds. The molecular formula is C25H18NO4P. The van der Waals surface area contributed by atoms with Crippen LogP contribution in [-0.2, 0) is 4.57 Å². The van der Waals surface area contributed by atoms with Crippen molar-refractivity contribution in [1.82, 2.24) is 4.98 Å². The van der Waals surface area contributed by atoms with Crippen LogP contribution in [0.3, 0.4) is 0 Å². The summed E-state index contributed by atoms with van der Waals surface area (Å²) in [4.78, 5) is 13.9. The molecule has 4 aromatic carbocycles. The van der Waals surface area contributed by atoms with Crippen molar-refractivity contribution < 1.29 is 18.5 Å². The Morgan fingerprint density at radius 3 is 1.52 bits per heavy atom. The predicted molar refractivity (Wildman–Crippen MR) is 122 cm³/mol. The molecule has 1 aliphatic heterocycles. The highest BCUT2D eigenvalue weighted by Gasteiger charge is 2.33. The van der Waals surface area contributed by atoms with Crippen LogP contribution in [0.5, 0.6) is 11.5 Å². The molecule has 1 N–H and O–H groups in total. The average molecular weight is 427 g/mol. The van der Waals surface area contributed by atoms with Crippen molar-refractivity contribution in [2.45, 2.75) is 0 Å². The molecule has 0 saturated heterocycles. The van der Waals surface area contributed by atoms with Gasteiger partial charge in [0.25, 0.3) is 0 Å². The van der Waals surface area contributed by atoms with Crippen LogP contribution in [0.2, 0.25) is 0 Å². The SMILES string of the molecule is O=P1(O)Oc2ccc3ccccc3c2-c2c(ccc3ccccc23)O1.c1ccncc1. The van der Waals surface area contributed by atoms with Crippen molar-refractivity contribution in [3.05, 3.63) is 103 Å². The topological polar surface area (TPSA) is 68.7 Å². The maximum absolute atomic E-state index is 12.4. The van der Waals surface area contributed by atoms with Crippen molar-refractivity contribution in [2.75, 3.05) is 0 Å². The van der Waals surface area contributed by atoms with Gasteiger partial charge in [0.2, 0.25) is 0 Å². The summed E-state index contributed by atoms with van der Waals surface area (Å²) in [5, 5.41) is 3.95. The highest BCUT2D eigenvalue weighted by molar-refractivity contribution is 7.48. The number of pyridine rings is 1. The fraction of sp³-hybridized carbons (Fsp3) is 0. The van der Waals surface area contributed by atoms with Gasteiger partial charge in [-0.1, -0.05) is 66.7 Å². The first-order valence-corrected chi connectivity index (χ1v) is 11.2. The summed E-state index contributed by atoms with van der Waals surface area (Å²) in [6.07, 6.45) is 3.50.